The number of esters is 1. The zero-order valence-corrected chi connectivity index (χ0v) is 14.6. The lowest BCUT2D eigenvalue weighted by Crippen LogP contribution is -2.39. The Morgan fingerprint density at radius 2 is 1.92 bits per heavy atom. The van der Waals surface area contributed by atoms with Crippen LogP contribution in [0.1, 0.15) is 30.6 Å². The number of nitrogens with zero attached hydrogens (tertiary/aromatic N) is 1. The normalized spacial score (nSPS) is 20.4. The van der Waals surface area contributed by atoms with Crippen molar-refractivity contribution < 1.29 is 19.1 Å². The highest BCUT2D eigenvalue weighted by Crippen LogP contribution is 2.24. The van der Waals surface area contributed by atoms with Gasteiger partial charge in [0.15, 0.2) is 0 Å². The molecule has 3 N–H and O–H groups in total. The van der Waals surface area contributed by atoms with Gasteiger partial charge in [-0.05, 0) is 26.0 Å². The van der Waals surface area contributed by atoms with E-state index in [9.17, 15) is 14.4 Å². The van der Waals surface area contributed by atoms with E-state index in [1.165, 1.54) is 0 Å². The lowest BCUT2D eigenvalue weighted by molar-refractivity contribution is -0.122. The number of rotatable bonds is 7. The molecule has 25 heavy (non-hydrogen) atoms. The minimum Gasteiger partial charge on any atom is -0.457 e. The largest absolute Gasteiger partial charge is 0.457 e. The summed E-state index contributed by atoms with van der Waals surface area (Å²) in [6.07, 6.45) is -0.346. The molecule has 1 aromatic carbocycles. The third-order valence-electron chi connectivity index (χ3n) is 4.00. The molecule has 136 valence electrons. The van der Waals surface area contributed by atoms with Crippen LogP contribution < -0.4 is 11.1 Å². The molecule has 0 spiro atoms. The predicted molar refractivity (Wildman–Crippen MR) is 92.7 cm³/mol. The van der Waals surface area contributed by atoms with Crippen LogP contribution in [0.2, 0.25) is 0 Å². The van der Waals surface area contributed by atoms with Gasteiger partial charge in [0.05, 0.1) is 12.1 Å². The highest BCUT2D eigenvalue weighted by atomic mass is 16.5. The van der Waals surface area contributed by atoms with E-state index in [0.717, 1.165) is 0 Å². The summed E-state index contributed by atoms with van der Waals surface area (Å²) >= 11 is 0. The third kappa shape index (κ3) is 5.86. The highest BCUT2D eigenvalue weighted by Gasteiger charge is 2.37. The van der Waals surface area contributed by atoms with Crippen molar-refractivity contribution in [1.82, 2.24) is 10.2 Å². The van der Waals surface area contributed by atoms with Crippen LogP contribution in [0, 0.1) is 5.92 Å². The first kappa shape index (κ1) is 18.9. The number of ether oxygens (including phenoxy) is 1. The number of nitrogens with two attached hydrogens (primary N) is 1. The summed E-state index contributed by atoms with van der Waals surface area (Å²) in [6, 6.07) is 8.74. The number of carbonyl (C=O) groups is 3. The van der Waals surface area contributed by atoms with Crippen LogP contribution in [0.5, 0.6) is 0 Å². The molecule has 1 saturated heterocycles. The van der Waals surface area contributed by atoms with Crippen molar-refractivity contribution in [1.29, 1.82) is 0 Å². The maximum Gasteiger partial charge on any atom is 0.338 e. The van der Waals surface area contributed by atoms with Gasteiger partial charge in [0, 0.05) is 31.5 Å². The smallest absolute Gasteiger partial charge is 0.338 e. The first-order valence-corrected chi connectivity index (χ1v) is 8.41. The molecule has 1 fully saturated rings. The lowest BCUT2D eigenvalue weighted by Gasteiger charge is -2.18. The Labute approximate surface area is 147 Å². The first-order valence-electron chi connectivity index (χ1n) is 8.41. The molecule has 1 aliphatic rings. The maximum absolute atomic E-state index is 12.3. The molecule has 0 radical (unpaired) electrons. The van der Waals surface area contributed by atoms with Gasteiger partial charge in [-0.3, -0.25) is 14.5 Å². The van der Waals surface area contributed by atoms with Gasteiger partial charge >= 0.3 is 5.97 Å². The fourth-order valence-corrected chi connectivity index (χ4v) is 2.99. The molecule has 2 amide bonds. The average Bonchev–Trinajstić information content (AvgIpc) is 2.87. The van der Waals surface area contributed by atoms with Crippen molar-refractivity contribution in [3.05, 3.63) is 35.9 Å². The molecule has 7 heteroatoms. The highest BCUT2D eigenvalue weighted by molar-refractivity contribution is 5.89. The molecule has 1 aliphatic heterocycles. The number of benzene rings is 1. The molecule has 0 aliphatic carbocycles. The monoisotopic (exact) mass is 347 g/mol. The van der Waals surface area contributed by atoms with E-state index in [2.05, 4.69) is 5.32 Å². The number of likely N-dealkylation sites (tertiary alicyclic amines) is 1. The number of primary amides is 1. The van der Waals surface area contributed by atoms with Crippen LogP contribution in [0.4, 0.5) is 0 Å². The van der Waals surface area contributed by atoms with Crippen LogP contribution in [0.25, 0.3) is 0 Å². The van der Waals surface area contributed by atoms with Crippen molar-refractivity contribution in [2.75, 3.05) is 19.6 Å². The van der Waals surface area contributed by atoms with E-state index in [-0.39, 0.29) is 30.8 Å². The molecule has 0 unspecified atom stereocenters. The Morgan fingerprint density at radius 3 is 2.52 bits per heavy atom. The van der Waals surface area contributed by atoms with Crippen LogP contribution >= 0.6 is 0 Å². The summed E-state index contributed by atoms with van der Waals surface area (Å²) in [5.74, 6) is -1.19. The van der Waals surface area contributed by atoms with Gasteiger partial charge in [-0.1, -0.05) is 18.2 Å². The minimum absolute atomic E-state index is 0.0585. The minimum atomic E-state index is -0.466. The first-order chi connectivity index (χ1) is 11.8. The van der Waals surface area contributed by atoms with E-state index in [4.69, 9.17) is 10.5 Å². The predicted octanol–water partition coefficient (Wildman–Crippen LogP) is 0.544. The summed E-state index contributed by atoms with van der Waals surface area (Å²) < 4.78 is 5.58. The molecule has 2 rings (SSSR count). The Hall–Kier alpha value is -2.41. The fraction of sp³-hybridized carbons (Fsp3) is 0.500. The number of amides is 2. The number of hydrogen-bond donors (Lipinski definition) is 2. The molecular formula is C18H25N3O4. The molecule has 0 bridgehead atoms. The quantitative estimate of drug-likeness (QED) is 0.701. The van der Waals surface area contributed by atoms with Crippen molar-refractivity contribution >= 4 is 17.8 Å². The van der Waals surface area contributed by atoms with E-state index in [1.807, 2.05) is 24.8 Å². The molecular weight excluding hydrogens is 322 g/mol. The van der Waals surface area contributed by atoms with Crippen LogP contribution in [0.3, 0.4) is 0 Å². The van der Waals surface area contributed by atoms with E-state index in [1.54, 1.807) is 24.3 Å². The summed E-state index contributed by atoms with van der Waals surface area (Å²) in [6.45, 7) is 4.88. The zero-order chi connectivity index (χ0) is 18.4. The second-order valence-electron chi connectivity index (χ2n) is 6.66. The van der Waals surface area contributed by atoms with Gasteiger partial charge in [0.25, 0.3) is 0 Å². The second-order valence-corrected chi connectivity index (χ2v) is 6.66. The topological polar surface area (TPSA) is 102 Å². The molecule has 1 heterocycles. The lowest BCUT2D eigenvalue weighted by atomic mass is 10.0. The van der Waals surface area contributed by atoms with Crippen LogP contribution in [-0.4, -0.2) is 54.5 Å². The van der Waals surface area contributed by atoms with Crippen molar-refractivity contribution in [2.24, 2.45) is 11.7 Å². The van der Waals surface area contributed by atoms with Crippen LogP contribution in [0.15, 0.2) is 30.3 Å². The zero-order valence-electron chi connectivity index (χ0n) is 14.6. The van der Waals surface area contributed by atoms with Crippen molar-refractivity contribution in [3.8, 4) is 0 Å². The van der Waals surface area contributed by atoms with Gasteiger partial charge in [-0.15, -0.1) is 0 Å². The Bertz CT molecular complexity index is 618. The third-order valence-corrected chi connectivity index (χ3v) is 4.00. The van der Waals surface area contributed by atoms with Crippen molar-refractivity contribution in [2.45, 2.75) is 32.4 Å². The van der Waals surface area contributed by atoms with Gasteiger partial charge in [-0.25, -0.2) is 4.79 Å². The Morgan fingerprint density at radius 1 is 1.24 bits per heavy atom. The van der Waals surface area contributed by atoms with Crippen molar-refractivity contribution in [3.63, 3.8) is 0 Å². The summed E-state index contributed by atoms with van der Waals surface area (Å²) in [4.78, 5) is 37.4. The number of hydrogen-bond acceptors (Lipinski definition) is 5. The summed E-state index contributed by atoms with van der Waals surface area (Å²) in [5.41, 5.74) is 5.77. The van der Waals surface area contributed by atoms with Gasteiger partial charge in [0.2, 0.25) is 11.8 Å². The second kappa shape index (κ2) is 8.62. The van der Waals surface area contributed by atoms with E-state index < -0.39 is 18.0 Å². The van der Waals surface area contributed by atoms with Crippen LogP contribution in [-0.2, 0) is 14.3 Å². The molecule has 7 nitrogen and oxygen atoms in total. The maximum atomic E-state index is 12.3. The summed E-state index contributed by atoms with van der Waals surface area (Å²) in [7, 11) is 0. The number of nitrogens with one attached hydrogen (secondary N) is 1. The fourth-order valence-electron chi connectivity index (χ4n) is 2.99. The standard InChI is InChI=1S/C18H25N3O4/c1-12(2)20-17(23)11-21-9-14(8-16(19)22)15(10-21)25-18(24)13-6-4-3-5-7-13/h3-7,12,14-15H,8-11H2,1-2H3,(H2,19,22)(H,20,23)/t14-,15+/m0/s1. The SMILES string of the molecule is CC(C)NC(=O)CN1C[C@H](CC(N)=O)[C@H](OC(=O)c2ccccc2)C1. The molecule has 0 saturated carbocycles. The van der Waals surface area contributed by atoms with E-state index in [0.29, 0.717) is 18.7 Å². The molecule has 1 aromatic rings. The molecule has 0 aromatic heterocycles. The van der Waals surface area contributed by atoms with Gasteiger partial charge in [-0.2, -0.15) is 0 Å². The number of carbonyl (C=O) groups excluding carboxylic acids is 3. The Balaban J connectivity index is 1.99. The summed E-state index contributed by atoms with van der Waals surface area (Å²) in [5, 5.41) is 2.83. The van der Waals surface area contributed by atoms with E-state index >= 15 is 0 Å². The average molecular weight is 347 g/mol. The molecule has 2 atom stereocenters. The Kier molecular flexibility index (Phi) is 6.52. The van der Waals surface area contributed by atoms with Gasteiger partial charge in [0.1, 0.15) is 6.10 Å². The van der Waals surface area contributed by atoms with Gasteiger partial charge < -0.3 is 15.8 Å².